The quantitative estimate of drug-likeness (QED) is 0.770. The lowest BCUT2D eigenvalue weighted by Gasteiger charge is -2.02. The molecule has 0 fully saturated rings. The van der Waals surface area contributed by atoms with Crippen molar-refractivity contribution in [2.24, 2.45) is 0 Å². The van der Waals surface area contributed by atoms with Crippen molar-refractivity contribution >= 4 is 39.2 Å². The van der Waals surface area contributed by atoms with Crippen molar-refractivity contribution in [1.29, 1.82) is 0 Å². The summed E-state index contributed by atoms with van der Waals surface area (Å²) >= 11 is 1.58. The minimum absolute atomic E-state index is 0.0853. The van der Waals surface area contributed by atoms with Crippen LogP contribution in [0.3, 0.4) is 0 Å². The Morgan fingerprint density at radius 1 is 1.18 bits per heavy atom. The number of nitrogens with zero attached hydrogens (tertiary/aromatic N) is 2. The molecule has 3 aromatic rings. The van der Waals surface area contributed by atoms with Crippen molar-refractivity contribution in [2.75, 3.05) is 0 Å². The van der Waals surface area contributed by atoms with Crippen molar-refractivity contribution < 1.29 is 9.90 Å². The summed E-state index contributed by atoms with van der Waals surface area (Å²) in [5.41, 5.74) is 2.81. The van der Waals surface area contributed by atoms with Gasteiger partial charge in [0.2, 0.25) is 0 Å². The molecule has 3 rings (SSSR count). The maximum Gasteiger partial charge on any atom is 0.303 e. The number of thiazole rings is 1. The smallest absolute Gasteiger partial charge is 0.303 e. The molecule has 1 aromatic carbocycles. The average molecular weight is 310 g/mol. The van der Waals surface area contributed by atoms with Crippen molar-refractivity contribution in [1.82, 2.24) is 9.97 Å². The third-order valence-corrected chi connectivity index (χ3v) is 4.31. The number of hydrogen-bond acceptors (Lipinski definition) is 4. The second-order valence-electron chi connectivity index (χ2n) is 4.84. The van der Waals surface area contributed by atoms with E-state index < -0.39 is 5.97 Å². The fraction of sp³-hybridized carbons (Fsp3) is 0.118. The maximum absolute atomic E-state index is 10.9. The van der Waals surface area contributed by atoms with Gasteiger partial charge in [0.1, 0.15) is 5.01 Å². The summed E-state index contributed by atoms with van der Waals surface area (Å²) in [6.07, 6.45) is 5.97. The summed E-state index contributed by atoms with van der Waals surface area (Å²) in [7, 11) is 0. The Morgan fingerprint density at radius 3 is 2.77 bits per heavy atom. The number of aliphatic carboxylic acids is 1. The summed E-state index contributed by atoms with van der Waals surface area (Å²) < 4.78 is 1.10. The molecule has 2 aromatic heterocycles. The van der Waals surface area contributed by atoms with Crippen LogP contribution in [0.2, 0.25) is 0 Å². The van der Waals surface area contributed by atoms with Gasteiger partial charge in [-0.15, -0.1) is 11.3 Å². The summed E-state index contributed by atoms with van der Waals surface area (Å²) in [5.74, 6) is -0.807. The SMILES string of the molecule is O=C(O)CC/C(=C\c1cccnc1)c1nc2ccccc2s1. The van der Waals surface area contributed by atoms with Crippen molar-refractivity contribution in [3.63, 3.8) is 0 Å². The highest BCUT2D eigenvalue weighted by molar-refractivity contribution is 7.19. The Kier molecular flexibility index (Phi) is 4.25. The number of rotatable bonds is 5. The molecule has 0 saturated heterocycles. The first-order valence-corrected chi connectivity index (χ1v) is 7.72. The molecule has 0 aliphatic heterocycles. The van der Waals surface area contributed by atoms with E-state index in [9.17, 15) is 4.79 Å². The molecule has 0 unspecified atom stereocenters. The van der Waals surface area contributed by atoms with Gasteiger partial charge in [0.25, 0.3) is 0 Å². The Bertz CT molecular complexity index is 792. The lowest BCUT2D eigenvalue weighted by Crippen LogP contribution is -1.95. The summed E-state index contributed by atoms with van der Waals surface area (Å²) in [4.78, 5) is 19.6. The predicted octanol–water partition coefficient (Wildman–Crippen LogP) is 4.10. The summed E-state index contributed by atoms with van der Waals surface area (Å²) in [6.45, 7) is 0. The molecule has 0 radical (unpaired) electrons. The molecule has 0 aliphatic carbocycles. The largest absolute Gasteiger partial charge is 0.481 e. The van der Waals surface area contributed by atoms with Crippen LogP contribution in [0.25, 0.3) is 21.9 Å². The van der Waals surface area contributed by atoms with Crippen molar-refractivity contribution in [3.8, 4) is 0 Å². The van der Waals surface area contributed by atoms with Crippen molar-refractivity contribution in [2.45, 2.75) is 12.8 Å². The molecule has 0 amide bonds. The van der Waals surface area contributed by atoms with Gasteiger partial charge in [-0.25, -0.2) is 4.98 Å². The second kappa shape index (κ2) is 6.49. The zero-order chi connectivity index (χ0) is 15.4. The van der Waals surface area contributed by atoms with Gasteiger partial charge >= 0.3 is 5.97 Å². The predicted molar refractivity (Wildman–Crippen MR) is 88.6 cm³/mol. The zero-order valence-corrected chi connectivity index (χ0v) is 12.6. The minimum atomic E-state index is -0.807. The van der Waals surface area contributed by atoms with Crippen LogP contribution in [-0.4, -0.2) is 21.0 Å². The van der Waals surface area contributed by atoms with Gasteiger partial charge < -0.3 is 5.11 Å². The van der Waals surface area contributed by atoms with Gasteiger partial charge in [0.15, 0.2) is 0 Å². The van der Waals surface area contributed by atoms with Crippen LogP contribution in [0.1, 0.15) is 23.4 Å². The zero-order valence-electron chi connectivity index (χ0n) is 11.8. The monoisotopic (exact) mass is 310 g/mol. The number of benzene rings is 1. The number of allylic oxidation sites excluding steroid dienone is 1. The highest BCUT2D eigenvalue weighted by atomic mass is 32.1. The van der Waals surface area contributed by atoms with E-state index in [4.69, 9.17) is 5.11 Å². The molecule has 0 bridgehead atoms. The number of carbonyl (C=O) groups is 1. The Labute approximate surface area is 131 Å². The number of carboxylic acid groups (broad SMARTS) is 1. The third kappa shape index (κ3) is 3.38. The van der Waals surface area contributed by atoms with E-state index in [1.54, 1.807) is 23.7 Å². The van der Waals surface area contributed by atoms with Crippen LogP contribution in [0.5, 0.6) is 0 Å². The Balaban J connectivity index is 2.00. The van der Waals surface area contributed by atoms with Crippen LogP contribution in [0.4, 0.5) is 0 Å². The molecule has 0 saturated carbocycles. The van der Waals surface area contributed by atoms with Crippen LogP contribution in [0.15, 0.2) is 48.8 Å². The fourth-order valence-corrected chi connectivity index (χ4v) is 3.16. The third-order valence-electron chi connectivity index (χ3n) is 3.20. The van der Waals surface area contributed by atoms with Crippen LogP contribution in [0, 0.1) is 0 Å². The average Bonchev–Trinajstić information content (AvgIpc) is 2.96. The Morgan fingerprint density at radius 2 is 2.05 bits per heavy atom. The Hall–Kier alpha value is -2.53. The molecule has 4 nitrogen and oxygen atoms in total. The number of pyridine rings is 1. The van der Waals surface area contributed by atoms with Crippen molar-refractivity contribution in [3.05, 3.63) is 59.4 Å². The molecule has 5 heteroatoms. The summed E-state index contributed by atoms with van der Waals surface area (Å²) in [5, 5.41) is 9.83. The van der Waals surface area contributed by atoms with Crippen LogP contribution in [-0.2, 0) is 4.79 Å². The molecule has 0 spiro atoms. The molecule has 22 heavy (non-hydrogen) atoms. The molecule has 1 N–H and O–H groups in total. The minimum Gasteiger partial charge on any atom is -0.481 e. The van der Waals surface area contributed by atoms with E-state index in [0.29, 0.717) is 6.42 Å². The van der Waals surface area contributed by atoms with Gasteiger partial charge in [-0.2, -0.15) is 0 Å². The molecule has 2 heterocycles. The number of para-hydroxylation sites is 1. The lowest BCUT2D eigenvalue weighted by molar-refractivity contribution is -0.136. The lowest BCUT2D eigenvalue weighted by atomic mass is 10.1. The normalized spacial score (nSPS) is 11.7. The van der Waals surface area contributed by atoms with Gasteiger partial charge in [-0.3, -0.25) is 9.78 Å². The highest BCUT2D eigenvalue weighted by Crippen LogP contribution is 2.30. The van der Waals surface area contributed by atoms with E-state index in [2.05, 4.69) is 9.97 Å². The van der Waals surface area contributed by atoms with E-state index in [-0.39, 0.29) is 6.42 Å². The molecular formula is C17H14N2O2S. The van der Waals surface area contributed by atoms with Crippen LogP contribution < -0.4 is 0 Å². The number of carboxylic acids is 1. The molecule has 0 aliphatic rings. The molecule has 0 atom stereocenters. The van der Waals surface area contributed by atoms with Gasteiger partial charge in [0, 0.05) is 18.8 Å². The fourth-order valence-electron chi connectivity index (χ4n) is 2.15. The first-order chi connectivity index (χ1) is 10.7. The van der Waals surface area contributed by atoms with E-state index in [1.807, 2.05) is 42.5 Å². The van der Waals surface area contributed by atoms with E-state index in [1.165, 1.54) is 0 Å². The van der Waals surface area contributed by atoms with Gasteiger partial charge in [-0.1, -0.05) is 18.2 Å². The highest BCUT2D eigenvalue weighted by Gasteiger charge is 2.11. The number of aromatic nitrogens is 2. The number of fused-ring (bicyclic) bond motifs is 1. The van der Waals surface area contributed by atoms with Gasteiger partial charge in [-0.05, 0) is 41.8 Å². The summed E-state index contributed by atoms with van der Waals surface area (Å²) in [6, 6.07) is 11.7. The van der Waals surface area contributed by atoms with E-state index >= 15 is 0 Å². The topological polar surface area (TPSA) is 63.1 Å². The van der Waals surface area contributed by atoms with E-state index in [0.717, 1.165) is 26.4 Å². The van der Waals surface area contributed by atoms with Gasteiger partial charge in [0.05, 0.1) is 10.2 Å². The maximum atomic E-state index is 10.9. The molecular weight excluding hydrogens is 296 g/mol. The first-order valence-electron chi connectivity index (χ1n) is 6.91. The standard InChI is InChI=1S/C17H14N2O2S/c20-16(21)8-7-13(10-12-4-3-9-18-11-12)17-19-14-5-1-2-6-15(14)22-17/h1-6,9-11H,7-8H2,(H,20,21)/b13-10+. The molecule has 110 valence electrons. The first kappa shape index (κ1) is 14.4. The number of hydrogen-bond donors (Lipinski definition) is 1. The second-order valence-corrected chi connectivity index (χ2v) is 5.87. The van der Waals surface area contributed by atoms with Crippen LogP contribution >= 0.6 is 11.3 Å².